The van der Waals surface area contributed by atoms with Crippen LogP contribution in [-0.4, -0.2) is 31.4 Å². The molecule has 4 rings (SSSR count). The molecule has 0 radical (unpaired) electrons. The van der Waals surface area contributed by atoms with E-state index in [2.05, 4.69) is 30.5 Å². The molecule has 0 aliphatic rings. The van der Waals surface area contributed by atoms with Gasteiger partial charge in [-0.25, -0.2) is 4.98 Å². The van der Waals surface area contributed by atoms with E-state index < -0.39 is 11.7 Å². The number of nitrogens with one attached hydrogen (secondary N) is 2. The molecule has 0 amide bonds. The molecule has 4 aromatic rings. The van der Waals surface area contributed by atoms with Gasteiger partial charge in [-0.05, 0) is 48.7 Å². The molecule has 164 valence electrons. The Morgan fingerprint density at radius 3 is 2.53 bits per heavy atom. The molecular formula is C20H16F3N7OS. The molecule has 2 aromatic heterocycles. The fourth-order valence-electron chi connectivity index (χ4n) is 2.72. The smallest absolute Gasteiger partial charge is 0.416 e. The van der Waals surface area contributed by atoms with Gasteiger partial charge < -0.3 is 20.8 Å². The molecule has 0 spiro atoms. The number of alkyl halides is 3. The number of nitrogen functional groups attached to an aromatic ring is 1. The van der Waals surface area contributed by atoms with E-state index in [9.17, 15) is 13.2 Å². The van der Waals surface area contributed by atoms with Crippen LogP contribution >= 0.6 is 11.8 Å². The number of aromatic nitrogens is 5. The molecule has 2 aromatic carbocycles. The Morgan fingerprint density at radius 1 is 1.03 bits per heavy atom. The third kappa shape index (κ3) is 5.09. The number of aromatic amines is 1. The lowest BCUT2D eigenvalue weighted by molar-refractivity contribution is -0.137. The summed E-state index contributed by atoms with van der Waals surface area (Å²) >= 11 is 1.35. The minimum atomic E-state index is -4.43. The number of H-pyrrole nitrogens is 1. The summed E-state index contributed by atoms with van der Waals surface area (Å²) in [5.41, 5.74) is 5.93. The number of nitrogens with two attached hydrogens (primary N) is 1. The largest absolute Gasteiger partial charge is 0.439 e. The number of rotatable bonds is 6. The first-order valence-electron chi connectivity index (χ1n) is 9.14. The van der Waals surface area contributed by atoms with Gasteiger partial charge in [-0.1, -0.05) is 17.8 Å². The van der Waals surface area contributed by atoms with Gasteiger partial charge in [0.05, 0.1) is 5.56 Å². The predicted octanol–water partition coefficient (Wildman–Crippen LogP) is 5.12. The summed E-state index contributed by atoms with van der Waals surface area (Å²) in [6, 6.07) is 13.3. The highest BCUT2D eigenvalue weighted by Gasteiger charge is 2.30. The summed E-state index contributed by atoms with van der Waals surface area (Å²) in [7, 11) is 0. The van der Waals surface area contributed by atoms with Crippen molar-refractivity contribution in [3.05, 3.63) is 60.2 Å². The fourth-order valence-corrected chi connectivity index (χ4v) is 3.10. The molecule has 0 bridgehead atoms. The quantitative estimate of drug-likeness (QED) is 0.269. The summed E-state index contributed by atoms with van der Waals surface area (Å²) in [4.78, 5) is 11.2. The van der Waals surface area contributed by atoms with Crippen molar-refractivity contribution >= 4 is 29.2 Å². The van der Waals surface area contributed by atoms with E-state index in [0.717, 1.165) is 12.1 Å². The monoisotopic (exact) mass is 459 g/mol. The first-order chi connectivity index (χ1) is 15.3. The van der Waals surface area contributed by atoms with Gasteiger partial charge in [0.2, 0.25) is 11.8 Å². The number of hydrogen-bond donors (Lipinski definition) is 3. The van der Waals surface area contributed by atoms with Crippen LogP contribution in [0.5, 0.6) is 11.6 Å². The van der Waals surface area contributed by atoms with Crippen LogP contribution in [0, 0.1) is 0 Å². The maximum atomic E-state index is 12.9. The Hall–Kier alpha value is -3.80. The Morgan fingerprint density at radius 2 is 1.81 bits per heavy atom. The van der Waals surface area contributed by atoms with E-state index in [-0.39, 0.29) is 11.6 Å². The number of ether oxygens (including phenoxy) is 1. The highest BCUT2D eigenvalue weighted by Crippen LogP contribution is 2.31. The van der Waals surface area contributed by atoms with Crippen LogP contribution < -0.4 is 15.8 Å². The average molecular weight is 459 g/mol. The third-order valence-electron chi connectivity index (χ3n) is 4.17. The van der Waals surface area contributed by atoms with Crippen molar-refractivity contribution in [1.82, 2.24) is 25.1 Å². The van der Waals surface area contributed by atoms with Gasteiger partial charge >= 0.3 is 6.18 Å². The Labute approximate surface area is 184 Å². The zero-order valence-electron chi connectivity index (χ0n) is 16.5. The van der Waals surface area contributed by atoms with Crippen LogP contribution in [-0.2, 0) is 6.18 Å². The van der Waals surface area contributed by atoms with E-state index in [4.69, 9.17) is 10.5 Å². The lowest BCUT2D eigenvalue weighted by atomic mass is 10.2. The highest BCUT2D eigenvalue weighted by molar-refractivity contribution is 7.98. The minimum absolute atomic E-state index is 0.209. The third-order valence-corrected chi connectivity index (χ3v) is 4.72. The second-order valence-electron chi connectivity index (χ2n) is 6.47. The Bertz CT molecular complexity index is 1230. The van der Waals surface area contributed by atoms with Gasteiger partial charge in [0.1, 0.15) is 11.6 Å². The molecule has 2 heterocycles. The molecule has 0 atom stereocenters. The predicted molar refractivity (Wildman–Crippen MR) is 115 cm³/mol. The van der Waals surface area contributed by atoms with Gasteiger partial charge in [-0.15, -0.1) is 10.2 Å². The summed E-state index contributed by atoms with van der Waals surface area (Å²) in [6.45, 7) is 0. The van der Waals surface area contributed by atoms with Crippen LogP contribution in [0.15, 0.2) is 59.8 Å². The number of nitrogens with zero attached hydrogens (tertiary/aromatic N) is 4. The lowest BCUT2D eigenvalue weighted by Gasteiger charge is -2.08. The van der Waals surface area contributed by atoms with Crippen molar-refractivity contribution in [2.75, 3.05) is 17.3 Å². The van der Waals surface area contributed by atoms with Crippen molar-refractivity contribution < 1.29 is 17.9 Å². The molecule has 0 unspecified atom stereocenters. The molecule has 32 heavy (non-hydrogen) atoms. The number of halogens is 3. The number of benzene rings is 2. The van der Waals surface area contributed by atoms with Crippen LogP contribution in [0.3, 0.4) is 0 Å². The van der Waals surface area contributed by atoms with Crippen molar-refractivity contribution in [1.29, 1.82) is 0 Å². The minimum Gasteiger partial charge on any atom is -0.439 e. The second-order valence-corrected chi connectivity index (χ2v) is 7.24. The summed E-state index contributed by atoms with van der Waals surface area (Å²) in [6.07, 6.45) is -2.59. The SMILES string of the molecule is CSc1nc(N)cc(Oc2ccc(-c3nnc(Nc4cccc(C(F)(F)F)c4)[nH]3)cc2)n1. The number of thioether (sulfide) groups is 1. The molecule has 0 fully saturated rings. The molecule has 0 aliphatic heterocycles. The standard InChI is InChI=1S/C20H16F3N7OS/c1-32-19-26-15(24)10-16(27-19)31-14-7-5-11(6-8-14)17-28-18(30-29-17)25-13-4-2-3-12(9-13)20(21,22)23/h2-10H,1H3,(H2,24,26,27)(H2,25,28,29,30). The van der Waals surface area contributed by atoms with Gasteiger partial charge in [0.25, 0.3) is 0 Å². The molecule has 8 nitrogen and oxygen atoms in total. The van der Waals surface area contributed by atoms with E-state index in [1.165, 1.54) is 30.0 Å². The summed E-state index contributed by atoms with van der Waals surface area (Å²) < 4.78 is 44.3. The van der Waals surface area contributed by atoms with Crippen molar-refractivity contribution in [3.63, 3.8) is 0 Å². The Kier molecular flexibility index (Phi) is 5.86. The molecular weight excluding hydrogens is 443 g/mol. The van der Waals surface area contributed by atoms with Crippen LogP contribution in [0.25, 0.3) is 11.4 Å². The van der Waals surface area contributed by atoms with Crippen molar-refractivity contribution in [3.8, 4) is 23.0 Å². The van der Waals surface area contributed by atoms with Crippen LogP contribution in [0.4, 0.5) is 30.6 Å². The molecule has 4 N–H and O–H groups in total. The second kappa shape index (κ2) is 8.75. The lowest BCUT2D eigenvalue weighted by Crippen LogP contribution is -2.05. The Balaban J connectivity index is 1.46. The molecule has 0 aliphatic carbocycles. The molecule has 0 saturated heterocycles. The topological polar surface area (TPSA) is 115 Å². The van der Waals surface area contributed by atoms with E-state index in [0.29, 0.717) is 34.0 Å². The maximum Gasteiger partial charge on any atom is 0.416 e. The highest BCUT2D eigenvalue weighted by atomic mass is 32.2. The average Bonchev–Trinajstić information content (AvgIpc) is 3.22. The first-order valence-corrected chi connectivity index (χ1v) is 10.4. The zero-order valence-corrected chi connectivity index (χ0v) is 17.3. The zero-order chi connectivity index (χ0) is 22.7. The van der Waals surface area contributed by atoms with Gasteiger partial charge in [0, 0.05) is 17.3 Å². The molecule has 0 saturated carbocycles. The number of anilines is 3. The normalized spacial score (nSPS) is 11.4. The van der Waals surface area contributed by atoms with E-state index in [1.54, 1.807) is 24.3 Å². The van der Waals surface area contributed by atoms with Crippen LogP contribution in [0.2, 0.25) is 0 Å². The number of hydrogen-bond acceptors (Lipinski definition) is 8. The van der Waals surface area contributed by atoms with Crippen LogP contribution in [0.1, 0.15) is 5.56 Å². The fraction of sp³-hybridized carbons (Fsp3) is 0.100. The van der Waals surface area contributed by atoms with E-state index in [1.807, 2.05) is 6.26 Å². The summed E-state index contributed by atoms with van der Waals surface area (Å²) in [5.74, 6) is 1.80. The van der Waals surface area contributed by atoms with Gasteiger partial charge in [0.15, 0.2) is 11.0 Å². The summed E-state index contributed by atoms with van der Waals surface area (Å²) in [5, 5.41) is 11.3. The molecule has 12 heteroatoms. The van der Waals surface area contributed by atoms with Gasteiger partial charge in [-0.3, -0.25) is 0 Å². The van der Waals surface area contributed by atoms with Crippen molar-refractivity contribution in [2.45, 2.75) is 11.3 Å². The first kappa shape index (κ1) is 21.4. The van der Waals surface area contributed by atoms with Crippen molar-refractivity contribution in [2.24, 2.45) is 0 Å². The maximum absolute atomic E-state index is 12.9. The van der Waals surface area contributed by atoms with Gasteiger partial charge in [-0.2, -0.15) is 18.2 Å². The van der Waals surface area contributed by atoms with E-state index >= 15 is 0 Å².